The van der Waals surface area contributed by atoms with Gasteiger partial charge >= 0.3 is 0 Å². The van der Waals surface area contributed by atoms with Gasteiger partial charge in [-0.05, 0) is 57.3 Å². The molecule has 0 saturated heterocycles. The summed E-state index contributed by atoms with van der Waals surface area (Å²) < 4.78 is 0. The maximum Gasteiger partial charge on any atom is 0.236 e. The van der Waals surface area contributed by atoms with Crippen LogP contribution in [0.5, 0.6) is 0 Å². The molecule has 2 fully saturated rings. The number of carbonyl (C=O) groups excluding carboxylic acids is 1. The molecule has 5 unspecified atom stereocenters. The predicted molar refractivity (Wildman–Crippen MR) is 78.9 cm³/mol. The van der Waals surface area contributed by atoms with Crippen LogP contribution in [0.15, 0.2) is 0 Å². The van der Waals surface area contributed by atoms with Gasteiger partial charge in [0.25, 0.3) is 0 Å². The van der Waals surface area contributed by atoms with E-state index in [0.29, 0.717) is 6.04 Å². The Morgan fingerprint density at radius 1 is 1.26 bits per heavy atom. The molecule has 2 bridgehead atoms. The Labute approximate surface area is 117 Å². The summed E-state index contributed by atoms with van der Waals surface area (Å²) in [5.74, 6) is 2.85. The molecule has 3 heteroatoms. The topological polar surface area (TPSA) is 41.1 Å². The van der Waals surface area contributed by atoms with Crippen molar-refractivity contribution >= 4 is 5.91 Å². The third-order valence-corrected chi connectivity index (χ3v) is 5.17. The molecule has 2 rings (SSSR count). The molecule has 19 heavy (non-hydrogen) atoms. The highest BCUT2D eigenvalue weighted by atomic mass is 16.2. The molecule has 2 aliphatic rings. The highest BCUT2D eigenvalue weighted by molar-refractivity contribution is 5.81. The number of hydrogen-bond acceptors (Lipinski definition) is 2. The fourth-order valence-corrected chi connectivity index (χ4v) is 4.04. The second-order valence-electron chi connectivity index (χ2n) is 6.66. The monoisotopic (exact) mass is 266 g/mol. The fraction of sp³-hybridized carbons (Fsp3) is 0.938. The summed E-state index contributed by atoms with van der Waals surface area (Å²) in [5, 5.41) is 6.53. The lowest BCUT2D eigenvalue weighted by Crippen LogP contribution is -2.48. The van der Waals surface area contributed by atoms with Crippen molar-refractivity contribution in [3.63, 3.8) is 0 Å². The van der Waals surface area contributed by atoms with Crippen molar-refractivity contribution < 1.29 is 4.79 Å². The predicted octanol–water partition coefficient (Wildman–Crippen LogP) is 2.71. The smallest absolute Gasteiger partial charge is 0.236 e. The van der Waals surface area contributed by atoms with Gasteiger partial charge in [-0.25, -0.2) is 0 Å². The van der Waals surface area contributed by atoms with E-state index in [-0.39, 0.29) is 11.9 Å². The Hall–Kier alpha value is -0.570. The molecule has 0 aromatic carbocycles. The number of hydrogen-bond donors (Lipinski definition) is 2. The molecule has 2 aliphatic carbocycles. The van der Waals surface area contributed by atoms with Crippen LogP contribution in [0, 0.1) is 17.8 Å². The summed E-state index contributed by atoms with van der Waals surface area (Å²) in [4.78, 5) is 12.0. The molecule has 2 N–H and O–H groups in total. The first kappa shape index (κ1) is 14.8. The maximum absolute atomic E-state index is 12.0. The van der Waals surface area contributed by atoms with Crippen molar-refractivity contribution in [3.8, 4) is 0 Å². The maximum atomic E-state index is 12.0. The number of nitrogens with one attached hydrogen (secondary N) is 2. The third-order valence-electron chi connectivity index (χ3n) is 5.17. The SMILES string of the molecule is CCCCNC(=O)C(C)NC(C)C1CC2CCC1C2. The van der Waals surface area contributed by atoms with E-state index in [4.69, 9.17) is 0 Å². The Morgan fingerprint density at radius 2 is 2.05 bits per heavy atom. The van der Waals surface area contributed by atoms with Crippen LogP contribution in [0.25, 0.3) is 0 Å². The van der Waals surface area contributed by atoms with Gasteiger partial charge in [0.15, 0.2) is 0 Å². The van der Waals surface area contributed by atoms with Crippen molar-refractivity contribution in [3.05, 3.63) is 0 Å². The highest BCUT2D eigenvalue weighted by Crippen LogP contribution is 2.49. The summed E-state index contributed by atoms with van der Waals surface area (Å²) in [6.07, 6.45) is 7.88. The number of rotatable bonds is 7. The average molecular weight is 266 g/mol. The van der Waals surface area contributed by atoms with Crippen molar-refractivity contribution in [2.45, 2.75) is 71.4 Å². The summed E-state index contributed by atoms with van der Waals surface area (Å²) in [6.45, 7) is 7.21. The highest BCUT2D eigenvalue weighted by Gasteiger charge is 2.42. The van der Waals surface area contributed by atoms with E-state index in [0.717, 1.165) is 37.1 Å². The van der Waals surface area contributed by atoms with Gasteiger partial charge in [-0.15, -0.1) is 0 Å². The third kappa shape index (κ3) is 3.71. The molecule has 5 atom stereocenters. The minimum Gasteiger partial charge on any atom is -0.355 e. The summed E-state index contributed by atoms with van der Waals surface area (Å²) in [7, 11) is 0. The van der Waals surface area contributed by atoms with Crippen molar-refractivity contribution in [1.29, 1.82) is 0 Å². The van der Waals surface area contributed by atoms with E-state index >= 15 is 0 Å². The normalized spacial score (nSPS) is 32.3. The van der Waals surface area contributed by atoms with Gasteiger partial charge in [-0.1, -0.05) is 19.8 Å². The molecule has 1 amide bonds. The van der Waals surface area contributed by atoms with Crippen LogP contribution < -0.4 is 10.6 Å². The molecule has 3 nitrogen and oxygen atoms in total. The van der Waals surface area contributed by atoms with E-state index in [9.17, 15) is 4.79 Å². The van der Waals surface area contributed by atoms with Crippen LogP contribution in [0.4, 0.5) is 0 Å². The Kier molecular flexibility index (Phi) is 5.26. The van der Waals surface area contributed by atoms with Gasteiger partial charge in [-0.3, -0.25) is 4.79 Å². The van der Waals surface area contributed by atoms with Gasteiger partial charge in [0.2, 0.25) is 5.91 Å². The van der Waals surface area contributed by atoms with E-state index < -0.39 is 0 Å². The molecule has 0 aromatic heterocycles. The molecule has 0 aromatic rings. The van der Waals surface area contributed by atoms with Crippen LogP contribution >= 0.6 is 0 Å². The number of fused-ring (bicyclic) bond motifs is 2. The molecule has 2 saturated carbocycles. The van der Waals surface area contributed by atoms with E-state index in [1.165, 1.54) is 25.7 Å². The Morgan fingerprint density at radius 3 is 2.63 bits per heavy atom. The second kappa shape index (κ2) is 6.74. The molecule has 0 radical (unpaired) electrons. The van der Waals surface area contributed by atoms with Crippen LogP contribution in [0.1, 0.15) is 59.3 Å². The molecule has 0 heterocycles. The van der Waals surface area contributed by atoms with Crippen LogP contribution in [-0.2, 0) is 4.79 Å². The lowest BCUT2D eigenvalue weighted by Gasteiger charge is -2.30. The standard InChI is InChI=1S/C16H30N2O/c1-4-5-8-17-16(19)12(3)18-11(2)15-10-13-6-7-14(15)9-13/h11-15,18H,4-10H2,1-3H3,(H,17,19). The summed E-state index contributed by atoms with van der Waals surface area (Å²) in [6, 6.07) is 0.410. The number of unbranched alkanes of at least 4 members (excludes halogenated alkanes) is 1. The zero-order valence-electron chi connectivity index (χ0n) is 12.7. The van der Waals surface area contributed by atoms with Gasteiger partial charge < -0.3 is 10.6 Å². The van der Waals surface area contributed by atoms with Gasteiger partial charge in [0.1, 0.15) is 0 Å². The van der Waals surface area contributed by atoms with Crippen molar-refractivity contribution in [2.24, 2.45) is 17.8 Å². The molecular formula is C16H30N2O. The molecular weight excluding hydrogens is 236 g/mol. The lowest BCUT2D eigenvalue weighted by atomic mass is 9.84. The summed E-state index contributed by atoms with van der Waals surface area (Å²) in [5.41, 5.74) is 0. The molecule has 110 valence electrons. The van der Waals surface area contributed by atoms with Crippen molar-refractivity contribution in [1.82, 2.24) is 10.6 Å². The Bertz CT molecular complexity index is 305. The first-order chi connectivity index (χ1) is 9.11. The van der Waals surface area contributed by atoms with Crippen LogP contribution in [-0.4, -0.2) is 24.5 Å². The fourth-order valence-electron chi connectivity index (χ4n) is 4.04. The number of amides is 1. The van der Waals surface area contributed by atoms with E-state index in [1.807, 2.05) is 6.92 Å². The summed E-state index contributed by atoms with van der Waals surface area (Å²) >= 11 is 0. The zero-order valence-corrected chi connectivity index (χ0v) is 12.7. The van der Waals surface area contributed by atoms with Gasteiger partial charge in [0.05, 0.1) is 6.04 Å². The molecule has 0 aliphatic heterocycles. The van der Waals surface area contributed by atoms with E-state index in [1.54, 1.807) is 0 Å². The largest absolute Gasteiger partial charge is 0.355 e. The average Bonchev–Trinajstić information content (AvgIpc) is 3.01. The second-order valence-corrected chi connectivity index (χ2v) is 6.66. The minimum absolute atomic E-state index is 0.0639. The first-order valence-corrected chi connectivity index (χ1v) is 8.15. The van der Waals surface area contributed by atoms with Gasteiger partial charge in [0, 0.05) is 12.6 Å². The first-order valence-electron chi connectivity index (χ1n) is 8.15. The van der Waals surface area contributed by atoms with Crippen molar-refractivity contribution in [2.75, 3.05) is 6.54 Å². The lowest BCUT2D eigenvalue weighted by molar-refractivity contribution is -0.123. The number of carbonyl (C=O) groups is 1. The van der Waals surface area contributed by atoms with Crippen LogP contribution in [0.3, 0.4) is 0 Å². The van der Waals surface area contributed by atoms with Gasteiger partial charge in [-0.2, -0.15) is 0 Å². The zero-order chi connectivity index (χ0) is 13.8. The minimum atomic E-state index is -0.0639. The molecule has 0 spiro atoms. The van der Waals surface area contributed by atoms with E-state index in [2.05, 4.69) is 24.5 Å². The Balaban J connectivity index is 1.72. The quantitative estimate of drug-likeness (QED) is 0.696. The van der Waals surface area contributed by atoms with Crippen LogP contribution in [0.2, 0.25) is 0 Å².